The molecule has 0 atom stereocenters. The van der Waals surface area contributed by atoms with E-state index in [-0.39, 0.29) is 5.91 Å². The van der Waals surface area contributed by atoms with Crippen LogP contribution >= 0.6 is 0 Å². The molecule has 3 heterocycles. The van der Waals surface area contributed by atoms with Crippen molar-refractivity contribution >= 4 is 22.6 Å². The maximum atomic E-state index is 12.9. The van der Waals surface area contributed by atoms with Gasteiger partial charge in [-0.05, 0) is 55.8 Å². The van der Waals surface area contributed by atoms with E-state index >= 15 is 0 Å². The SMILES string of the molecule is O=C(Nc1cn[nH]c1-c1nc2ccccc2[nH]1)c1cccc(CN2CCCC2)c1. The van der Waals surface area contributed by atoms with Crippen molar-refractivity contribution < 1.29 is 4.79 Å². The van der Waals surface area contributed by atoms with Gasteiger partial charge in [-0.25, -0.2) is 4.98 Å². The lowest BCUT2D eigenvalue weighted by molar-refractivity contribution is 0.102. The molecule has 5 rings (SSSR count). The molecule has 0 aliphatic carbocycles. The van der Waals surface area contributed by atoms with Crippen LogP contribution in [0.4, 0.5) is 5.69 Å². The van der Waals surface area contributed by atoms with Crippen molar-refractivity contribution in [3.05, 3.63) is 65.9 Å². The molecule has 1 aliphatic rings. The Labute approximate surface area is 168 Å². The third kappa shape index (κ3) is 3.64. The smallest absolute Gasteiger partial charge is 0.255 e. The van der Waals surface area contributed by atoms with E-state index < -0.39 is 0 Å². The Morgan fingerprint density at radius 2 is 1.97 bits per heavy atom. The van der Waals surface area contributed by atoms with Crippen LogP contribution in [-0.2, 0) is 6.54 Å². The molecule has 3 N–H and O–H groups in total. The summed E-state index contributed by atoms with van der Waals surface area (Å²) in [5, 5.41) is 9.99. The van der Waals surface area contributed by atoms with Crippen LogP contribution in [0.3, 0.4) is 0 Å². The second-order valence-corrected chi connectivity index (χ2v) is 7.40. The lowest BCUT2D eigenvalue weighted by Crippen LogP contribution is -2.19. The van der Waals surface area contributed by atoms with E-state index in [0.29, 0.717) is 22.8 Å². The van der Waals surface area contributed by atoms with Gasteiger partial charge in [0.25, 0.3) is 5.91 Å². The summed E-state index contributed by atoms with van der Waals surface area (Å²) in [6.45, 7) is 3.15. The van der Waals surface area contributed by atoms with Crippen molar-refractivity contribution in [2.24, 2.45) is 0 Å². The Kier molecular flexibility index (Phi) is 4.57. The number of para-hydroxylation sites is 2. The average Bonchev–Trinajstić information content (AvgIpc) is 3.48. The highest BCUT2D eigenvalue weighted by atomic mass is 16.1. The lowest BCUT2D eigenvalue weighted by atomic mass is 10.1. The van der Waals surface area contributed by atoms with E-state index in [1.54, 1.807) is 6.20 Å². The zero-order chi connectivity index (χ0) is 19.6. The Hall–Kier alpha value is -3.45. The van der Waals surface area contributed by atoms with Crippen LogP contribution in [0.2, 0.25) is 0 Å². The van der Waals surface area contributed by atoms with Gasteiger partial charge in [-0.2, -0.15) is 5.10 Å². The first-order valence-electron chi connectivity index (χ1n) is 9.87. The molecular weight excluding hydrogens is 364 g/mol. The fourth-order valence-electron chi connectivity index (χ4n) is 3.84. The Morgan fingerprint density at radius 3 is 2.83 bits per heavy atom. The number of nitrogens with one attached hydrogen (secondary N) is 3. The number of hydrogen-bond acceptors (Lipinski definition) is 4. The highest BCUT2D eigenvalue weighted by Crippen LogP contribution is 2.25. The number of benzene rings is 2. The Bertz CT molecular complexity index is 1120. The predicted octanol–water partition coefficient (Wildman–Crippen LogP) is 3.80. The molecule has 2 aromatic heterocycles. The maximum absolute atomic E-state index is 12.9. The van der Waals surface area contributed by atoms with Gasteiger partial charge in [0.15, 0.2) is 5.82 Å². The topological polar surface area (TPSA) is 89.7 Å². The number of nitrogens with zero attached hydrogens (tertiary/aromatic N) is 3. The third-order valence-corrected chi connectivity index (χ3v) is 5.31. The third-order valence-electron chi connectivity index (χ3n) is 5.31. The van der Waals surface area contributed by atoms with Gasteiger partial charge in [-0.1, -0.05) is 24.3 Å². The molecule has 1 fully saturated rings. The molecule has 1 amide bonds. The van der Waals surface area contributed by atoms with Crippen LogP contribution in [0.15, 0.2) is 54.7 Å². The minimum absolute atomic E-state index is 0.160. The molecule has 4 aromatic rings. The standard InChI is InChI=1S/C22H22N6O/c29-22(16-7-5-6-15(12-16)14-28-10-3-4-11-28)26-19-13-23-27-20(19)21-24-17-8-1-2-9-18(17)25-21/h1-2,5-9,12-13H,3-4,10-11,14H2,(H,23,27)(H,24,25)(H,26,29). The summed E-state index contributed by atoms with van der Waals surface area (Å²) >= 11 is 0. The normalized spacial score (nSPS) is 14.5. The minimum atomic E-state index is -0.160. The van der Waals surface area contributed by atoms with Gasteiger partial charge in [-0.3, -0.25) is 14.8 Å². The number of amides is 1. The van der Waals surface area contributed by atoms with Crippen molar-refractivity contribution in [3.63, 3.8) is 0 Å². The van der Waals surface area contributed by atoms with E-state index in [2.05, 4.69) is 36.4 Å². The molecule has 29 heavy (non-hydrogen) atoms. The van der Waals surface area contributed by atoms with Crippen LogP contribution in [0.25, 0.3) is 22.6 Å². The highest BCUT2D eigenvalue weighted by molar-refractivity contribution is 6.05. The summed E-state index contributed by atoms with van der Waals surface area (Å²) in [7, 11) is 0. The largest absolute Gasteiger partial charge is 0.337 e. The summed E-state index contributed by atoms with van der Waals surface area (Å²) in [5.41, 5.74) is 4.84. The second kappa shape index (κ2) is 7.52. The molecular formula is C22H22N6O. The molecule has 1 saturated heterocycles. The number of rotatable bonds is 5. The van der Waals surface area contributed by atoms with Crippen molar-refractivity contribution in [3.8, 4) is 11.5 Å². The highest BCUT2D eigenvalue weighted by Gasteiger charge is 2.16. The van der Waals surface area contributed by atoms with Gasteiger partial charge in [-0.15, -0.1) is 0 Å². The van der Waals surface area contributed by atoms with Gasteiger partial charge < -0.3 is 10.3 Å². The minimum Gasteiger partial charge on any atom is -0.337 e. The zero-order valence-electron chi connectivity index (χ0n) is 16.0. The number of aromatic nitrogens is 4. The summed E-state index contributed by atoms with van der Waals surface area (Å²) in [4.78, 5) is 23.1. The van der Waals surface area contributed by atoms with Crippen molar-refractivity contribution in [1.82, 2.24) is 25.1 Å². The van der Waals surface area contributed by atoms with Gasteiger partial charge in [0.1, 0.15) is 5.69 Å². The van der Waals surface area contributed by atoms with Gasteiger partial charge >= 0.3 is 0 Å². The Balaban J connectivity index is 1.36. The van der Waals surface area contributed by atoms with Crippen LogP contribution < -0.4 is 5.32 Å². The zero-order valence-corrected chi connectivity index (χ0v) is 16.0. The van der Waals surface area contributed by atoms with Gasteiger partial charge in [0, 0.05) is 12.1 Å². The summed E-state index contributed by atoms with van der Waals surface area (Å²) in [6.07, 6.45) is 4.12. The first-order chi connectivity index (χ1) is 14.3. The van der Waals surface area contributed by atoms with Crippen LogP contribution in [-0.4, -0.2) is 44.1 Å². The van der Waals surface area contributed by atoms with E-state index in [0.717, 1.165) is 36.2 Å². The molecule has 1 aliphatic heterocycles. The van der Waals surface area contributed by atoms with Crippen LogP contribution in [0.1, 0.15) is 28.8 Å². The summed E-state index contributed by atoms with van der Waals surface area (Å²) in [5.74, 6) is 0.480. The molecule has 146 valence electrons. The molecule has 7 heteroatoms. The lowest BCUT2D eigenvalue weighted by Gasteiger charge is -2.15. The molecule has 0 unspecified atom stereocenters. The number of fused-ring (bicyclic) bond motifs is 1. The molecule has 2 aromatic carbocycles. The molecule has 0 saturated carbocycles. The first-order valence-corrected chi connectivity index (χ1v) is 9.87. The Morgan fingerprint density at radius 1 is 1.10 bits per heavy atom. The number of imidazole rings is 1. The number of carbonyl (C=O) groups is 1. The number of hydrogen-bond donors (Lipinski definition) is 3. The van der Waals surface area contributed by atoms with E-state index in [1.807, 2.05) is 42.5 Å². The van der Waals surface area contributed by atoms with E-state index in [4.69, 9.17) is 0 Å². The molecule has 0 spiro atoms. The fraction of sp³-hybridized carbons (Fsp3) is 0.227. The number of aromatic amines is 2. The van der Waals surface area contributed by atoms with Crippen molar-refractivity contribution in [2.75, 3.05) is 18.4 Å². The quantitative estimate of drug-likeness (QED) is 0.487. The first kappa shape index (κ1) is 17.6. The van der Waals surface area contributed by atoms with Gasteiger partial charge in [0.2, 0.25) is 0 Å². The van der Waals surface area contributed by atoms with Crippen LogP contribution in [0.5, 0.6) is 0 Å². The van der Waals surface area contributed by atoms with Crippen molar-refractivity contribution in [1.29, 1.82) is 0 Å². The summed E-state index contributed by atoms with van der Waals surface area (Å²) < 4.78 is 0. The molecule has 7 nitrogen and oxygen atoms in total. The van der Waals surface area contributed by atoms with E-state index in [9.17, 15) is 4.79 Å². The predicted molar refractivity (Wildman–Crippen MR) is 113 cm³/mol. The molecule has 0 bridgehead atoms. The fourth-order valence-corrected chi connectivity index (χ4v) is 3.84. The number of anilines is 1. The molecule has 0 radical (unpaired) electrons. The number of likely N-dealkylation sites (tertiary alicyclic amines) is 1. The number of carbonyl (C=O) groups excluding carboxylic acids is 1. The summed E-state index contributed by atoms with van der Waals surface area (Å²) in [6, 6.07) is 15.6. The monoisotopic (exact) mass is 386 g/mol. The number of H-pyrrole nitrogens is 2. The van der Waals surface area contributed by atoms with Gasteiger partial charge in [0.05, 0.1) is 22.9 Å². The van der Waals surface area contributed by atoms with Crippen LogP contribution in [0, 0.1) is 0 Å². The van der Waals surface area contributed by atoms with Crippen molar-refractivity contribution in [2.45, 2.75) is 19.4 Å². The van der Waals surface area contributed by atoms with E-state index in [1.165, 1.54) is 12.8 Å². The average molecular weight is 386 g/mol. The second-order valence-electron chi connectivity index (χ2n) is 7.40. The maximum Gasteiger partial charge on any atom is 0.255 e.